The van der Waals surface area contributed by atoms with Gasteiger partial charge in [0.15, 0.2) is 0 Å². The lowest BCUT2D eigenvalue weighted by Crippen LogP contribution is -2.10. The molecule has 1 aromatic heterocycles. The zero-order chi connectivity index (χ0) is 13.2. The molecule has 0 aliphatic heterocycles. The minimum atomic E-state index is -3.28. The van der Waals surface area contributed by atoms with E-state index in [0.29, 0.717) is 5.69 Å². The zero-order valence-corrected chi connectivity index (χ0v) is 11.0. The molecule has 0 unspecified atom stereocenters. The van der Waals surface area contributed by atoms with E-state index in [0.717, 1.165) is 23.1 Å². The molecule has 1 N–H and O–H groups in total. The van der Waals surface area contributed by atoms with E-state index < -0.39 is 10.0 Å². The normalized spacial score (nSPS) is 11.2. The van der Waals surface area contributed by atoms with Crippen LogP contribution in [0.2, 0.25) is 0 Å². The van der Waals surface area contributed by atoms with Crippen LogP contribution in [0.4, 0.5) is 5.69 Å². The molecule has 0 aliphatic rings. The number of aromatic nitrogens is 1. The molecular weight excluding hydrogens is 248 g/mol. The summed E-state index contributed by atoms with van der Waals surface area (Å²) in [7, 11) is -3.28. The van der Waals surface area contributed by atoms with Gasteiger partial charge < -0.3 is 0 Å². The number of nitrogens with zero attached hydrogens (tertiary/aromatic N) is 1. The SMILES string of the molecule is Cc1cc(-c2ccccc2NS(C)(=O)=O)ccn1. The number of para-hydroxylation sites is 1. The maximum Gasteiger partial charge on any atom is 0.229 e. The molecule has 0 saturated carbocycles. The van der Waals surface area contributed by atoms with E-state index in [2.05, 4.69) is 9.71 Å². The minimum Gasteiger partial charge on any atom is -0.283 e. The van der Waals surface area contributed by atoms with Crippen molar-refractivity contribution in [2.75, 3.05) is 11.0 Å². The second-order valence-electron chi connectivity index (χ2n) is 4.11. The molecule has 2 rings (SSSR count). The van der Waals surface area contributed by atoms with Gasteiger partial charge in [-0.15, -0.1) is 0 Å². The van der Waals surface area contributed by atoms with Crippen LogP contribution < -0.4 is 4.72 Å². The van der Waals surface area contributed by atoms with E-state index in [1.54, 1.807) is 18.3 Å². The Morgan fingerprint density at radius 2 is 1.89 bits per heavy atom. The van der Waals surface area contributed by atoms with Gasteiger partial charge in [0.05, 0.1) is 11.9 Å². The van der Waals surface area contributed by atoms with Crippen LogP contribution in [-0.4, -0.2) is 19.7 Å². The largest absolute Gasteiger partial charge is 0.283 e. The lowest BCUT2D eigenvalue weighted by atomic mass is 10.0. The van der Waals surface area contributed by atoms with Crippen LogP contribution in [0.1, 0.15) is 5.69 Å². The molecule has 0 saturated heterocycles. The molecule has 0 spiro atoms. The van der Waals surface area contributed by atoms with Gasteiger partial charge in [0, 0.05) is 17.5 Å². The van der Waals surface area contributed by atoms with E-state index in [4.69, 9.17) is 0 Å². The van der Waals surface area contributed by atoms with Gasteiger partial charge >= 0.3 is 0 Å². The average molecular weight is 262 g/mol. The Labute approximate surface area is 107 Å². The van der Waals surface area contributed by atoms with Crippen molar-refractivity contribution in [2.24, 2.45) is 0 Å². The molecule has 18 heavy (non-hydrogen) atoms. The molecule has 5 heteroatoms. The van der Waals surface area contributed by atoms with Gasteiger partial charge in [-0.3, -0.25) is 9.71 Å². The first-order chi connectivity index (χ1) is 8.46. The molecule has 94 valence electrons. The number of sulfonamides is 1. The number of anilines is 1. The van der Waals surface area contributed by atoms with Crippen LogP contribution in [0, 0.1) is 6.92 Å². The predicted octanol–water partition coefficient (Wildman–Crippen LogP) is 2.43. The molecular formula is C13H14N2O2S. The third-order valence-electron chi connectivity index (χ3n) is 2.43. The maximum atomic E-state index is 11.3. The predicted molar refractivity (Wildman–Crippen MR) is 72.9 cm³/mol. The Balaban J connectivity index is 2.51. The molecule has 1 aromatic carbocycles. The highest BCUT2D eigenvalue weighted by Crippen LogP contribution is 2.28. The van der Waals surface area contributed by atoms with Crippen molar-refractivity contribution in [1.29, 1.82) is 0 Å². The smallest absolute Gasteiger partial charge is 0.229 e. The van der Waals surface area contributed by atoms with Crippen LogP contribution in [-0.2, 0) is 10.0 Å². The molecule has 0 atom stereocenters. The van der Waals surface area contributed by atoms with Crippen LogP contribution in [0.5, 0.6) is 0 Å². The fourth-order valence-corrected chi connectivity index (χ4v) is 2.31. The van der Waals surface area contributed by atoms with E-state index in [-0.39, 0.29) is 0 Å². The van der Waals surface area contributed by atoms with Crippen molar-refractivity contribution in [3.63, 3.8) is 0 Å². The first-order valence-corrected chi connectivity index (χ1v) is 7.35. The second-order valence-corrected chi connectivity index (χ2v) is 5.85. The summed E-state index contributed by atoms with van der Waals surface area (Å²) < 4.78 is 25.2. The number of nitrogens with one attached hydrogen (secondary N) is 1. The van der Waals surface area contributed by atoms with Crippen molar-refractivity contribution in [3.05, 3.63) is 48.3 Å². The van der Waals surface area contributed by atoms with Crippen molar-refractivity contribution < 1.29 is 8.42 Å². The maximum absolute atomic E-state index is 11.3. The van der Waals surface area contributed by atoms with Gasteiger partial charge in [-0.05, 0) is 30.7 Å². The number of aryl methyl sites for hydroxylation is 1. The van der Waals surface area contributed by atoms with Gasteiger partial charge in [-0.1, -0.05) is 18.2 Å². The highest BCUT2D eigenvalue weighted by molar-refractivity contribution is 7.92. The molecule has 0 bridgehead atoms. The number of benzene rings is 1. The summed E-state index contributed by atoms with van der Waals surface area (Å²) in [6.45, 7) is 1.90. The van der Waals surface area contributed by atoms with Crippen molar-refractivity contribution in [1.82, 2.24) is 4.98 Å². The Kier molecular flexibility index (Phi) is 3.34. The minimum absolute atomic E-state index is 0.575. The van der Waals surface area contributed by atoms with Gasteiger partial charge in [-0.25, -0.2) is 8.42 Å². The number of rotatable bonds is 3. The van der Waals surface area contributed by atoms with Crippen molar-refractivity contribution >= 4 is 15.7 Å². The lowest BCUT2D eigenvalue weighted by molar-refractivity contribution is 0.607. The van der Waals surface area contributed by atoms with Crippen LogP contribution in [0.25, 0.3) is 11.1 Å². The van der Waals surface area contributed by atoms with Crippen molar-refractivity contribution in [3.8, 4) is 11.1 Å². The van der Waals surface area contributed by atoms with Crippen LogP contribution in [0.15, 0.2) is 42.6 Å². The molecule has 4 nitrogen and oxygen atoms in total. The standard InChI is InChI=1S/C13H14N2O2S/c1-10-9-11(7-8-14-10)12-5-3-4-6-13(12)15-18(2,16)17/h3-9,15H,1-2H3. The van der Waals surface area contributed by atoms with E-state index in [1.807, 2.05) is 31.2 Å². The number of hydrogen-bond acceptors (Lipinski definition) is 3. The summed E-state index contributed by atoms with van der Waals surface area (Å²) in [6, 6.07) is 11.1. The Hall–Kier alpha value is -1.88. The van der Waals surface area contributed by atoms with Crippen LogP contribution in [0.3, 0.4) is 0 Å². The van der Waals surface area contributed by atoms with Gasteiger partial charge in [0.1, 0.15) is 0 Å². The summed E-state index contributed by atoms with van der Waals surface area (Å²) in [4.78, 5) is 4.13. The van der Waals surface area contributed by atoms with E-state index in [1.165, 1.54) is 0 Å². The highest BCUT2D eigenvalue weighted by Gasteiger charge is 2.08. The fraction of sp³-hybridized carbons (Fsp3) is 0.154. The highest BCUT2D eigenvalue weighted by atomic mass is 32.2. The van der Waals surface area contributed by atoms with Crippen molar-refractivity contribution in [2.45, 2.75) is 6.92 Å². The third kappa shape index (κ3) is 3.07. The number of hydrogen-bond donors (Lipinski definition) is 1. The van der Waals surface area contributed by atoms with E-state index >= 15 is 0 Å². The zero-order valence-electron chi connectivity index (χ0n) is 10.2. The monoisotopic (exact) mass is 262 g/mol. The molecule has 0 aliphatic carbocycles. The Morgan fingerprint density at radius 3 is 2.56 bits per heavy atom. The summed E-state index contributed by atoms with van der Waals surface area (Å²) in [6.07, 6.45) is 2.85. The third-order valence-corrected chi connectivity index (χ3v) is 3.02. The molecule has 1 heterocycles. The molecule has 0 amide bonds. The average Bonchev–Trinajstić information content (AvgIpc) is 2.27. The van der Waals surface area contributed by atoms with Gasteiger partial charge in [0.25, 0.3) is 0 Å². The molecule has 2 aromatic rings. The Bertz CT molecular complexity index is 666. The first kappa shape index (κ1) is 12.6. The van der Waals surface area contributed by atoms with E-state index in [9.17, 15) is 8.42 Å². The summed E-state index contributed by atoms with van der Waals surface area (Å²) >= 11 is 0. The quantitative estimate of drug-likeness (QED) is 0.924. The lowest BCUT2D eigenvalue weighted by Gasteiger charge is -2.10. The topological polar surface area (TPSA) is 59.1 Å². The summed E-state index contributed by atoms with van der Waals surface area (Å²) in [5.41, 5.74) is 3.25. The van der Waals surface area contributed by atoms with Crippen LogP contribution >= 0.6 is 0 Å². The molecule has 0 radical (unpaired) electrons. The summed E-state index contributed by atoms with van der Waals surface area (Å²) in [5, 5.41) is 0. The first-order valence-electron chi connectivity index (χ1n) is 5.45. The second kappa shape index (κ2) is 4.78. The number of pyridine rings is 1. The summed E-state index contributed by atoms with van der Waals surface area (Å²) in [5.74, 6) is 0. The fourth-order valence-electron chi connectivity index (χ4n) is 1.74. The Morgan fingerprint density at radius 1 is 1.17 bits per heavy atom. The van der Waals surface area contributed by atoms with Gasteiger partial charge in [-0.2, -0.15) is 0 Å². The van der Waals surface area contributed by atoms with Gasteiger partial charge in [0.2, 0.25) is 10.0 Å². The molecule has 0 fully saturated rings.